The van der Waals surface area contributed by atoms with Gasteiger partial charge in [-0.1, -0.05) is 11.8 Å². The average molecular weight is 397 g/mol. The number of nitrogens with zero attached hydrogens (tertiary/aromatic N) is 3. The summed E-state index contributed by atoms with van der Waals surface area (Å²) in [6, 6.07) is 4.05. The lowest BCUT2D eigenvalue weighted by Crippen LogP contribution is -2.07. The van der Waals surface area contributed by atoms with E-state index in [1.807, 2.05) is 23.8 Å². The fourth-order valence-electron chi connectivity index (χ4n) is 2.52. The number of carbonyl (C=O) groups excluding carboxylic acids is 1. The lowest BCUT2D eigenvalue weighted by Gasteiger charge is -2.07. The number of rotatable bonds is 5. The van der Waals surface area contributed by atoms with Crippen LogP contribution in [-0.4, -0.2) is 26.1 Å². The molecule has 0 bridgehead atoms. The highest BCUT2D eigenvalue weighted by Crippen LogP contribution is 2.30. The van der Waals surface area contributed by atoms with Crippen molar-refractivity contribution in [1.82, 2.24) is 14.5 Å². The number of alkyl halides is 3. The Labute approximate surface area is 156 Å². The number of thioether (sulfide) groups is 1. The van der Waals surface area contributed by atoms with Gasteiger partial charge >= 0.3 is 6.18 Å². The van der Waals surface area contributed by atoms with E-state index in [0.29, 0.717) is 10.6 Å². The molecule has 0 radical (unpaired) electrons. The minimum absolute atomic E-state index is 0.0977. The van der Waals surface area contributed by atoms with Crippen LogP contribution in [0.3, 0.4) is 0 Å². The van der Waals surface area contributed by atoms with E-state index in [1.165, 1.54) is 17.4 Å². The predicted molar refractivity (Wildman–Crippen MR) is 95.2 cm³/mol. The first-order chi connectivity index (χ1) is 12.3. The molecular weight excluding hydrogens is 383 g/mol. The van der Waals surface area contributed by atoms with Crippen LogP contribution in [0.25, 0.3) is 5.13 Å². The molecule has 0 amide bonds. The Bertz CT molecular complexity index is 916. The number of hydrogen-bond donors (Lipinski definition) is 0. The monoisotopic (exact) mass is 397 g/mol. The van der Waals surface area contributed by atoms with Crippen LogP contribution in [0.5, 0.6) is 0 Å². The van der Waals surface area contributed by atoms with E-state index in [-0.39, 0.29) is 11.5 Å². The van der Waals surface area contributed by atoms with E-state index >= 15 is 0 Å². The van der Waals surface area contributed by atoms with Crippen molar-refractivity contribution in [2.75, 3.05) is 5.75 Å². The molecule has 3 heterocycles. The van der Waals surface area contributed by atoms with Crippen LogP contribution < -0.4 is 0 Å². The summed E-state index contributed by atoms with van der Waals surface area (Å²) in [5, 5.41) is 3.03. The molecule has 0 fully saturated rings. The molecule has 0 aliphatic heterocycles. The van der Waals surface area contributed by atoms with E-state index in [2.05, 4.69) is 9.97 Å². The van der Waals surface area contributed by atoms with E-state index in [9.17, 15) is 18.0 Å². The molecule has 26 heavy (non-hydrogen) atoms. The maximum Gasteiger partial charge on any atom is 0.417 e. The van der Waals surface area contributed by atoms with Crippen LogP contribution in [0.4, 0.5) is 13.2 Å². The summed E-state index contributed by atoms with van der Waals surface area (Å²) in [4.78, 5) is 20.6. The molecule has 0 atom stereocenters. The zero-order valence-corrected chi connectivity index (χ0v) is 15.5. The van der Waals surface area contributed by atoms with Crippen LogP contribution in [0, 0.1) is 13.8 Å². The molecule has 0 aliphatic carbocycles. The second-order valence-corrected chi connectivity index (χ2v) is 7.40. The second kappa shape index (κ2) is 7.24. The standard InChI is InChI=1S/C17H14F3N3OS2/c1-10-7-13(11(2)23(10)16-21-5-6-25-16)14(24)9-26-15-4-3-12(8-22-15)17(18,19)20/h3-8H,9H2,1-2H3. The smallest absolute Gasteiger partial charge is 0.294 e. The molecular formula is C17H14F3N3OS2. The SMILES string of the molecule is Cc1cc(C(=O)CSc2ccc(C(F)(F)F)cn2)c(C)n1-c1nccs1. The third kappa shape index (κ3) is 3.83. The third-order valence-corrected chi connectivity index (χ3v) is 5.46. The van der Waals surface area contributed by atoms with Crippen molar-refractivity contribution >= 4 is 28.9 Å². The van der Waals surface area contributed by atoms with Crippen molar-refractivity contribution in [2.24, 2.45) is 0 Å². The van der Waals surface area contributed by atoms with Gasteiger partial charge in [0.15, 0.2) is 10.9 Å². The Balaban J connectivity index is 1.72. The first-order valence-electron chi connectivity index (χ1n) is 7.55. The van der Waals surface area contributed by atoms with Gasteiger partial charge in [-0.05, 0) is 32.0 Å². The summed E-state index contributed by atoms with van der Waals surface area (Å²) in [6.45, 7) is 3.75. The molecule has 136 valence electrons. The molecule has 4 nitrogen and oxygen atoms in total. The van der Waals surface area contributed by atoms with Gasteiger partial charge < -0.3 is 0 Å². The van der Waals surface area contributed by atoms with Crippen LogP contribution in [0.2, 0.25) is 0 Å². The summed E-state index contributed by atoms with van der Waals surface area (Å²) in [6.07, 6.45) is -1.94. The zero-order valence-electron chi connectivity index (χ0n) is 13.9. The highest BCUT2D eigenvalue weighted by Gasteiger charge is 2.30. The maximum absolute atomic E-state index is 12.5. The van der Waals surface area contributed by atoms with Gasteiger partial charge in [-0.15, -0.1) is 11.3 Å². The number of aromatic nitrogens is 3. The van der Waals surface area contributed by atoms with Crippen LogP contribution in [0.1, 0.15) is 27.3 Å². The number of hydrogen-bond acceptors (Lipinski definition) is 5. The van der Waals surface area contributed by atoms with Gasteiger partial charge in [-0.3, -0.25) is 9.36 Å². The van der Waals surface area contributed by atoms with E-state index in [4.69, 9.17) is 0 Å². The van der Waals surface area contributed by atoms with Crippen LogP contribution >= 0.6 is 23.1 Å². The molecule has 0 unspecified atom stereocenters. The fourth-order valence-corrected chi connectivity index (χ4v) is 3.99. The van der Waals surface area contributed by atoms with E-state index in [0.717, 1.165) is 40.5 Å². The first kappa shape index (κ1) is 18.7. The van der Waals surface area contributed by atoms with Crippen molar-refractivity contribution < 1.29 is 18.0 Å². The topological polar surface area (TPSA) is 47.8 Å². The zero-order chi connectivity index (χ0) is 18.9. The third-order valence-electron chi connectivity index (χ3n) is 3.76. The molecule has 3 aromatic rings. The number of aryl methyl sites for hydroxylation is 1. The quantitative estimate of drug-likeness (QED) is 0.452. The minimum Gasteiger partial charge on any atom is -0.294 e. The molecule has 0 aromatic carbocycles. The molecule has 0 saturated carbocycles. The number of thiazole rings is 1. The van der Waals surface area contributed by atoms with Crippen LogP contribution in [0.15, 0.2) is 41.0 Å². The number of pyridine rings is 1. The van der Waals surface area contributed by atoms with Gasteiger partial charge in [0.05, 0.1) is 16.3 Å². The summed E-state index contributed by atoms with van der Waals surface area (Å²) in [7, 11) is 0. The van der Waals surface area contributed by atoms with Gasteiger partial charge in [-0.25, -0.2) is 9.97 Å². The molecule has 3 rings (SSSR count). The molecule has 0 saturated heterocycles. The van der Waals surface area contributed by atoms with Crippen molar-refractivity contribution in [2.45, 2.75) is 25.0 Å². The molecule has 0 N–H and O–H groups in total. The van der Waals surface area contributed by atoms with Gasteiger partial charge in [0, 0.05) is 34.7 Å². The molecule has 0 spiro atoms. The van der Waals surface area contributed by atoms with Gasteiger partial charge in [0.1, 0.15) is 0 Å². The highest BCUT2D eigenvalue weighted by atomic mass is 32.2. The number of carbonyl (C=O) groups is 1. The maximum atomic E-state index is 12.5. The molecule has 0 aliphatic rings. The Morgan fingerprint density at radius 3 is 2.62 bits per heavy atom. The van der Waals surface area contributed by atoms with E-state index in [1.54, 1.807) is 12.3 Å². The van der Waals surface area contributed by atoms with Gasteiger partial charge in [0.25, 0.3) is 0 Å². The van der Waals surface area contributed by atoms with Crippen molar-refractivity contribution in [3.63, 3.8) is 0 Å². The highest BCUT2D eigenvalue weighted by molar-refractivity contribution is 7.99. The number of halogens is 3. The minimum atomic E-state index is -4.42. The second-order valence-electron chi connectivity index (χ2n) is 5.53. The normalized spacial score (nSPS) is 11.7. The molecule has 3 aromatic heterocycles. The summed E-state index contributed by atoms with van der Waals surface area (Å²) in [5.74, 6) is -0.00633. The van der Waals surface area contributed by atoms with Gasteiger partial charge in [0.2, 0.25) is 0 Å². The number of ketones is 1. The van der Waals surface area contributed by atoms with Crippen LogP contribution in [-0.2, 0) is 6.18 Å². The Hall–Kier alpha value is -2.13. The lowest BCUT2D eigenvalue weighted by atomic mass is 10.2. The largest absolute Gasteiger partial charge is 0.417 e. The van der Waals surface area contributed by atoms with Crippen molar-refractivity contribution in [3.8, 4) is 5.13 Å². The lowest BCUT2D eigenvalue weighted by molar-refractivity contribution is -0.137. The predicted octanol–water partition coefficient (Wildman–Crippen LogP) is 4.94. The average Bonchev–Trinajstić information content (AvgIpc) is 3.20. The van der Waals surface area contributed by atoms with E-state index < -0.39 is 11.7 Å². The van der Waals surface area contributed by atoms with Crippen molar-refractivity contribution in [1.29, 1.82) is 0 Å². The van der Waals surface area contributed by atoms with Crippen molar-refractivity contribution in [3.05, 3.63) is 58.5 Å². The number of Topliss-reactive ketones (excluding diaryl/α,β-unsaturated/α-hetero) is 1. The van der Waals surface area contributed by atoms with Gasteiger partial charge in [-0.2, -0.15) is 13.2 Å². The fraction of sp³-hybridized carbons (Fsp3) is 0.235. The summed E-state index contributed by atoms with van der Waals surface area (Å²) < 4.78 is 39.6. The summed E-state index contributed by atoms with van der Waals surface area (Å²) in [5.41, 5.74) is 1.47. The molecule has 9 heteroatoms. The Morgan fingerprint density at radius 2 is 2.04 bits per heavy atom. The Morgan fingerprint density at radius 1 is 1.27 bits per heavy atom. The summed E-state index contributed by atoms with van der Waals surface area (Å²) >= 11 is 2.59. The Kier molecular flexibility index (Phi) is 5.19. The first-order valence-corrected chi connectivity index (χ1v) is 9.42.